The van der Waals surface area contributed by atoms with Crippen molar-refractivity contribution in [3.05, 3.63) is 75.8 Å². The Bertz CT molecular complexity index is 1180. The summed E-state index contributed by atoms with van der Waals surface area (Å²) in [5.74, 6) is 1.45. The molecule has 0 unspecified atom stereocenters. The monoisotopic (exact) mass is 513 g/mol. The second-order valence-corrected chi connectivity index (χ2v) is 7.86. The Morgan fingerprint density at radius 1 is 0.848 bits per heavy atom. The van der Waals surface area contributed by atoms with Crippen LogP contribution in [0.4, 0.5) is 5.69 Å². The standard InChI is InChI=1S/C25H24BrNO6/c1-15(28)18-12-23(31-3)24(32-4)13-20(18)27-25(29)16-9-10-21(30-2)17(11-16)14-33-22-8-6-5-7-19(22)26/h5-13H,14H2,1-4H3,(H,27,29). The highest BCUT2D eigenvalue weighted by Crippen LogP contribution is 2.34. The lowest BCUT2D eigenvalue weighted by Gasteiger charge is -2.15. The molecule has 3 aromatic carbocycles. The smallest absolute Gasteiger partial charge is 0.255 e. The van der Waals surface area contributed by atoms with Crippen LogP contribution in [-0.4, -0.2) is 33.0 Å². The van der Waals surface area contributed by atoms with Crippen LogP contribution in [0, 0.1) is 0 Å². The average Bonchev–Trinajstić information content (AvgIpc) is 2.82. The first-order valence-electron chi connectivity index (χ1n) is 10.0. The molecule has 0 radical (unpaired) electrons. The van der Waals surface area contributed by atoms with E-state index in [9.17, 15) is 9.59 Å². The normalized spacial score (nSPS) is 10.3. The van der Waals surface area contributed by atoms with Crippen molar-refractivity contribution in [2.24, 2.45) is 0 Å². The highest BCUT2D eigenvalue weighted by atomic mass is 79.9. The molecule has 0 saturated carbocycles. The summed E-state index contributed by atoms with van der Waals surface area (Å²) >= 11 is 3.45. The minimum atomic E-state index is -0.394. The molecule has 0 aliphatic carbocycles. The maximum absolute atomic E-state index is 13.0. The molecule has 3 aromatic rings. The first-order valence-corrected chi connectivity index (χ1v) is 10.8. The van der Waals surface area contributed by atoms with Crippen LogP contribution >= 0.6 is 15.9 Å². The number of amides is 1. The molecule has 7 nitrogen and oxygen atoms in total. The number of anilines is 1. The van der Waals surface area contributed by atoms with E-state index in [0.29, 0.717) is 45.4 Å². The number of ether oxygens (including phenoxy) is 4. The lowest BCUT2D eigenvalue weighted by atomic mass is 10.1. The van der Waals surface area contributed by atoms with Crippen molar-refractivity contribution in [1.29, 1.82) is 0 Å². The maximum atomic E-state index is 13.0. The average molecular weight is 514 g/mol. The fourth-order valence-corrected chi connectivity index (χ4v) is 3.62. The molecule has 1 N–H and O–H groups in total. The number of nitrogens with one attached hydrogen (secondary N) is 1. The molecule has 0 heterocycles. The minimum Gasteiger partial charge on any atom is -0.496 e. The zero-order valence-corrected chi connectivity index (χ0v) is 20.3. The van der Waals surface area contributed by atoms with Crippen LogP contribution in [0.2, 0.25) is 0 Å². The van der Waals surface area contributed by atoms with Gasteiger partial charge in [0.2, 0.25) is 0 Å². The van der Waals surface area contributed by atoms with Crippen molar-refractivity contribution in [3.8, 4) is 23.0 Å². The van der Waals surface area contributed by atoms with Gasteiger partial charge in [-0.05, 0) is 59.3 Å². The van der Waals surface area contributed by atoms with E-state index in [1.807, 2.05) is 24.3 Å². The van der Waals surface area contributed by atoms with E-state index >= 15 is 0 Å². The molecule has 33 heavy (non-hydrogen) atoms. The van der Waals surface area contributed by atoms with Crippen LogP contribution in [0.25, 0.3) is 0 Å². The third kappa shape index (κ3) is 5.64. The second-order valence-electron chi connectivity index (χ2n) is 7.01. The topological polar surface area (TPSA) is 83.1 Å². The fraction of sp³-hybridized carbons (Fsp3) is 0.200. The summed E-state index contributed by atoms with van der Waals surface area (Å²) in [6.07, 6.45) is 0. The van der Waals surface area contributed by atoms with Gasteiger partial charge in [-0.15, -0.1) is 0 Å². The predicted octanol–water partition coefficient (Wildman–Crippen LogP) is 5.51. The molecule has 0 aliphatic heterocycles. The van der Waals surface area contributed by atoms with Crippen LogP contribution < -0.4 is 24.3 Å². The van der Waals surface area contributed by atoms with Gasteiger partial charge in [0.25, 0.3) is 5.91 Å². The number of carbonyl (C=O) groups excluding carboxylic acids is 2. The fourth-order valence-electron chi connectivity index (χ4n) is 3.22. The molecule has 0 spiro atoms. The van der Waals surface area contributed by atoms with Crippen molar-refractivity contribution in [3.63, 3.8) is 0 Å². The molecule has 0 aromatic heterocycles. The lowest BCUT2D eigenvalue weighted by molar-refractivity contribution is 0.101. The number of halogens is 1. The van der Waals surface area contributed by atoms with Gasteiger partial charge in [-0.2, -0.15) is 0 Å². The molecule has 0 atom stereocenters. The first-order chi connectivity index (χ1) is 15.9. The maximum Gasteiger partial charge on any atom is 0.255 e. The Hall–Kier alpha value is -3.52. The number of hydrogen-bond donors (Lipinski definition) is 1. The number of ketones is 1. The van der Waals surface area contributed by atoms with Crippen molar-refractivity contribution in [2.45, 2.75) is 13.5 Å². The Morgan fingerprint density at radius 2 is 1.52 bits per heavy atom. The SMILES string of the molecule is COc1ccc(C(=O)Nc2cc(OC)c(OC)cc2C(C)=O)cc1COc1ccccc1Br. The van der Waals surface area contributed by atoms with Crippen LogP contribution in [0.15, 0.2) is 59.1 Å². The van der Waals surface area contributed by atoms with Crippen LogP contribution in [0.3, 0.4) is 0 Å². The van der Waals surface area contributed by atoms with E-state index in [1.165, 1.54) is 21.1 Å². The summed E-state index contributed by atoms with van der Waals surface area (Å²) in [6, 6.07) is 15.6. The molecule has 0 saturated heterocycles. The van der Waals surface area contributed by atoms with Crippen molar-refractivity contribution >= 4 is 33.3 Å². The molecule has 0 fully saturated rings. The molecule has 0 bridgehead atoms. The summed E-state index contributed by atoms with van der Waals surface area (Å²) in [4.78, 5) is 25.2. The molecular weight excluding hydrogens is 490 g/mol. The zero-order valence-electron chi connectivity index (χ0n) is 18.7. The largest absolute Gasteiger partial charge is 0.496 e. The number of methoxy groups -OCH3 is 3. The number of benzene rings is 3. The highest BCUT2D eigenvalue weighted by molar-refractivity contribution is 9.10. The molecule has 172 valence electrons. The third-order valence-electron chi connectivity index (χ3n) is 4.91. The number of carbonyl (C=O) groups is 2. The molecular formula is C25H24BrNO6. The Kier molecular flexibility index (Phi) is 7.95. The van der Waals surface area contributed by atoms with Crippen LogP contribution in [-0.2, 0) is 6.61 Å². The van der Waals surface area contributed by atoms with Gasteiger partial charge < -0.3 is 24.3 Å². The number of para-hydroxylation sites is 1. The van der Waals surface area contributed by atoms with Gasteiger partial charge in [0.05, 0.1) is 31.5 Å². The van der Waals surface area contributed by atoms with Gasteiger partial charge in [-0.3, -0.25) is 9.59 Å². The zero-order chi connectivity index (χ0) is 24.0. The lowest BCUT2D eigenvalue weighted by Crippen LogP contribution is -2.15. The molecule has 8 heteroatoms. The number of hydrogen-bond acceptors (Lipinski definition) is 6. The minimum absolute atomic E-state index is 0.196. The first kappa shape index (κ1) is 24.1. The van der Waals surface area contributed by atoms with Crippen molar-refractivity contribution in [2.75, 3.05) is 26.6 Å². The number of rotatable bonds is 9. The Morgan fingerprint density at radius 3 is 2.15 bits per heavy atom. The van der Waals surface area contributed by atoms with Crippen LogP contribution in [0.5, 0.6) is 23.0 Å². The van der Waals surface area contributed by atoms with Gasteiger partial charge in [-0.25, -0.2) is 0 Å². The summed E-state index contributed by atoms with van der Waals surface area (Å²) < 4.78 is 22.7. The summed E-state index contributed by atoms with van der Waals surface area (Å²) in [5.41, 5.74) is 1.71. The van der Waals surface area contributed by atoms with Gasteiger partial charge >= 0.3 is 0 Å². The molecule has 0 aliphatic rings. The van der Waals surface area contributed by atoms with Gasteiger partial charge in [0.15, 0.2) is 17.3 Å². The third-order valence-corrected chi connectivity index (χ3v) is 5.57. The molecule has 3 rings (SSSR count). The Balaban J connectivity index is 1.88. The molecule has 1 amide bonds. The second kappa shape index (κ2) is 10.9. The van der Waals surface area contributed by atoms with E-state index in [-0.39, 0.29) is 12.4 Å². The van der Waals surface area contributed by atoms with Crippen LogP contribution in [0.1, 0.15) is 33.2 Å². The van der Waals surface area contributed by atoms with E-state index < -0.39 is 5.91 Å². The van der Waals surface area contributed by atoms with Gasteiger partial charge in [0, 0.05) is 22.8 Å². The Labute approximate surface area is 200 Å². The highest BCUT2D eigenvalue weighted by Gasteiger charge is 2.18. The van der Waals surface area contributed by atoms with Crippen molar-refractivity contribution in [1.82, 2.24) is 0 Å². The predicted molar refractivity (Wildman–Crippen MR) is 129 cm³/mol. The quantitative estimate of drug-likeness (QED) is 0.380. The van der Waals surface area contributed by atoms with E-state index in [2.05, 4.69) is 21.2 Å². The van der Waals surface area contributed by atoms with E-state index in [1.54, 1.807) is 37.4 Å². The van der Waals surface area contributed by atoms with E-state index in [4.69, 9.17) is 18.9 Å². The van der Waals surface area contributed by atoms with E-state index in [0.717, 1.165) is 4.47 Å². The van der Waals surface area contributed by atoms with Gasteiger partial charge in [-0.1, -0.05) is 12.1 Å². The summed E-state index contributed by atoms with van der Waals surface area (Å²) in [7, 11) is 4.52. The summed E-state index contributed by atoms with van der Waals surface area (Å²) in [5, 5.41) is 2.80. The van der Waals surface area contributed by atoms with Gasteiger partial charge in [0.1, 0.15) is 18.1 Å². The van der Waals surface area contributed by atoms with Crippen molar-refractivity contribution < 1.29 is 28.5 Å². The summed E-state index contributed by atoms with van der Waals surface area (Å²) in [6.45, 7) is 1.61. The number of Topliss-reactive ketones (excluding diaryl/α,β-unsaturated/α-hetero) is 1.